The molecule has 0 saturated heterocycles. The number of carbonyl (C=O) groups is 1. The highest BCUT2D eigenvalue weighted by atomic mass is 16.5. The van der Waals surface area contributed by atoms with Crippen LogP contribution in [0, 0.1) is 0 Å². The first-order valence-electron chi connectivity index (χ1n) is 5.98. The second-order valence-corrected chi connectivity index (χ2v) is 4.04. The van der Waals surface area contributed by atoms with E-state index in [4.69, 9.17) is 4.74 Å². The van der Waals surface area contributed by atoms with Gasteiger partial charge >= 0.3 is 5.97 Å². The fraction of sp³-hybridized carbons (Fsp3) is 0.333. The highest BCUT2D eigenvalue weighted by Gasteiger charge is 2.35. The first-order chi connectivity index (χ1) is 8.68. The highest BCUT2D eigenvalue weighted by Crippen LogP contribution is 2.23. The molecule has 1 aromatic rings. The molecule has 96 valence electrons. The van der Waals surface area contributed by atoms with Crippen LogP contribution in [-0.2, 0) is 9.53 Å². The lowest BCUT2D eigenvalue weighted by molar-refractivity contribution is -0.146. The molecule has 1 unspecified atom stereocenters. The van der Waals surface area contributed by atoms with Crippen LogP contribution < -0.4 is 0 Å². The lowest BCUT2D eigenvalue weighted by atomic mass is 9.93. The van der Waals surface area contributed by atoms with Crippen molar-refractivity contribution in [1.82, 2.24) is 0 Å². The molecule has 3 heteroatoms. The van der Waals surface area contributed by atoms with Gasteiger partial charge in [-0.1, -0.05) is 43.3 Å². The Morgan fingerprint density at radius 2 is 2.11 bits per heavy atom. The van der Waals surface area contributed by atoms with E-state index in [0.29, 0.717) is 12.8 Å². The summed E-state index contributed by atoms with van der Waals surface area (Å²) >= 11 is 0. The molecule has 3 nitrogen and oxygen atoms in total. The van der Waals surface area contributed by atoms with E-state index in [1.165, 1.54) is 7.11 Å². The molecule has 0 aliphatic heterocycles. The van der Waals surface area contributed by atoms with E-state index >= 15 is 0 Å². The normalized spacial score (nSPS) is 14.1. The second kappa shape index (κ2) is 6.74. The van der Waals surface area contributed by atoms with Crippen molar-refractivity contribution in [3.63, 3.8) is 0 Å². The highest BCUT2D eigenvalue weighted by molar-refractivity contribution is 5.87. The number of aliphatic imine (C=N–C) groups is 1. The first-order valence-corrected chi connectivity index (χ1v) is 5.98. The molecule has 0 fully saturated rings. The van der Waals surface area contributed by atoms with Crippen LogP contribution in [-0.4, -0.2) is 24.8 Å². The van der Waals surface area contributed by atoms with Crippen LogP contribution in [0.4, 0.5) is 0 Å². The van der Waals surface area contributed by atoms with Gasteiger partial charge in [0, 0.05) is 12.6 Å². The topological polar surface area (TPSA) is 38.7 Å². The molecule has 1 aromatic carbocycles. The summed E-state index contributed by atoms with van der Waals surface area (Å²) in [7, 11) is 1.38. The summed E-state index contributed by atoms with van der Waals surface area (Å²) in [5.74, 6) is -0.322. The van der Waals surface area contributed by atoms with Gasteiger partial charge in [-0.15, -0.1) is 6.58 Å². The minimum absolute atomic E-state index is 0.322. The molecular formula is C15H19NO2. The third-order valence-corrected chi connectivity index (χ3v) is 2.89. The third-order valence-electron chi connectivity index (χ3n) is 2.89. The first kappa shape index (κ1) is 14.2. The average Bonchev–Trinajstić information content (AvgIpc) is 2.44. The molecule has 0 spiro atoms. The summed E-state index contributed by atoms with van der Waals surface area (Å²) in [5.41, 5.74) is 0.107. The van der Waals surface area contributed by atoms with E-state index in [0.717, 1.165) is 5.56 Å². The Balaban J connectivity index is 3.01. The molecule has 0 aromatic heterocycles. The summed E-state index contributed by atoms with van der Waals surface area (Å²) in [6.45, 7) is 5.60. The average molecular weight is 245 g/mol. The van der Waals surface area contributed by atoms with Crippen LogP contribution in [0.25, 0.3) is 0 Å². The lowest BCUT2D eigenvalue weighted by Crippen LogP contribution is -2.37. The van der Waals surface area contributed by atoms with Crippen molar-refractivity contribution in [3.8, 4) is 0 Å². The van der Waals surface area contributed by atoms with Gasteiger partial charge in [-0.25, -0.2) is 4.79 Å². The van der Waals surface area contributed by atoms with E-state index in [9.17, 15) is 4.79 Å². The molecular weight excluding hydrogens is 226 g/mol. The molecule has 0 heterocycles. The Kier molecular flexibility index (Phi) is 5.31. The van der Waals surface area contributed by atoms with Gasteiger partial charge in [0.2, 0.25) is 0 Å². The second-order valence-electron chi connectivity index (χ2n) is 4.04. The summed E-state index contributed by atoms with van der Waals surface area (Å²) in [5, 5.41) is 0. The molecule has 0 aliphatic carbocycles. The fourth-order valence-electron chi connectivity index (χ4n) is 1.73. The van der Waals surface area contributed by atoms with Crippen LogP contribution in [0.3, 0.4) is 0 Å². The summed E-state index contributed by atoms with van der Waals surface area (Å²) in [4.78, 5) is 16.3. The number of rotatable bonds is 6. The van der Waals surface area contributed by atoms with E-state index in [1.54, 1.807) is 12.3 Å². The molecule has 1 atom stereocenters. The standard InChI is InChI=1S/C15H19NO2/c1-4-11-15(5-2,14(17)18-3)16-12-13-9-7-6-8-10-13/h4,6-10,12H,1,5,11H2,2-3H3. The van der Waals surface area contributed by atoms with Crippen molar-refractivity contribution in [1.29, 1.82) is 0 Å². The van der Waals surface area contributed by atoms with Gasteiger partial charge in [0.25, 0.3) is 0 Å². The van der Waals surface area contributed by atoms with Crippen molar-refractivity contribution < 1.29 is 9.53 Å². The Morgan fingerprint density at radius 3 is 2.61 bits per heavy atom. The summed E-state index contributed by atoms with van der Waals surface area (Å²) < 4.78 is 4.85. The minimum Gasteiger partial charge on any atom is -0.467 e. The molecule has 18 heavy (non-hydrogen) atoms. The van der Waals surface area contributed by atoms with E-state index in [-0.39, 0.29) is 5.97 Å². The van der Waals surface area contributed by atoms with Gasteiger partial charge < -0.3 is 4.74 Å². The number of ether oxygens (including phenoxy) is 1. The number of esters is 1. The Labute approximate surface area is 108 Å². The van der Waals surface area contributed by atoms with Crippen molar-refractivity contribution in [2.45, 2.75) is 25.3 Å². The summed E-state index contributed by atoms with van der Waals surface area (Å²) in [6, 6.07) is 9.68. The predicted molar refractivity (Wildman–Crippen MR) is 73.9 cm³/mol. The molecule has 0 bridgehead atoms. The van der Waals surface area contributed by atoms with Crippen molar-refractivity contribution in [2.24, 2.45) is 4.99 Å². The van der Waals surface area contributed by atoms with Gasteiger partial charge in [0.1, 0.15) is 0 Å². The fourth-order valence-corrected chi connectivity index (χ4v) is 1.73. The monoisotopic (exact) mass is 245 g/mol. The Morgan fingerprint density at radius 1 is 1.44 bits per heavy atom. The van der Waals surface area contributed by atoms with Crippen LogP contribution in [0.2, 0.25) is 0 Å². The maximum Gasteiger partial charge on any atom is 0.334 e. The van der Waals surface area contributed by atoms with Gasteiger partial charge in [0.15, 0.2) is 5.54 Å². The molecule has 0 aliphatic rings. The van der Waals surface area contributed by atoms with E-state index in [2.05, 4.69) is 11.6 Å². The predicted octanol–water partition coefficient (Wildman–Crippen LogP) is 3.00. The van der Waals surface area contributed by atoms with Gasteiger partial charge in [-0.05, 0) is 12.0 Å². The van der Waals surface area contributed by atoms with Crippen LogP contribution in [0.5, 0.6) is 0 Å². The summed E-state index contributed by atoms with van der Waals surface area (Å²) in [6.07, 6.45) is 4.46. The maximum atomic E-state index is 11.9. The molecule has 0 saturated carbocycles. The van der Waals surface area contributed by atoms with Crippen LogP contribution in [0.1, 0.15) is 25.3 Å². The van der Waals surface area contributed by atoms with Crippen LogP contribution >= 0.6 is 0 Å². The smallest absolute Gasteiger partial charge is 0.334 e. The lowest BCUT2D eigenvalue weighted by Gasteiger charge is -2.23. The number of hydrogen-bond donors (Lipinski definition) is 0. The minimum atomic E-state index is -0.855. The number of methoxy groups -OCH3 is 1. The quantitative estimate of drug-likeness (QED) is 0.439. The van der Waals surface area contributed by atoms with Crippen LogP contribution in [0.15, 0.2) is 48.0 Å². The molecule has 1 rings (SSSR count). The van der Waals surface area contributed by atoms with Crippen molar-refractivity contribution >= 4 is 12.2 Å². The zero-order chi connectivity index (χ0) is 13.4. The number of hydrogen-bond acceptors (Lipinski definition) is 3. The SMILES string of the molecule is C=CCC(CC)(N=Cc1ccccc1)C(=O)OC. The van der Waals surface area contributed by atoms with E-state index in [1.807, 2.05) is 37.3 Å². The van der Waals surface area contributed by atoms with Crippen molar-refractivity contribution in [2.75, 3.05) is 7.11 Å². The maximum absolute atomic E-state index is 11.9. The zero-order valence-corrected chi connectivity index (χ0v) is 10.9. The number of nitrogens with zero attached hydrogens (tertiary/aromatic N) is 1. The third kappa shape index (κ3) is 3.29. The van der Waals surface area contributed by atoms with Gasteiger partial charge in [-0.2, -0.15) is 0 Å². The van der Waals surface area contributed by atoms with Gasteiger partial charge in [0.05, 0.1) is 7.11 Å². The number of benzene rings is 1. The Bertz CT molecular complexity index is 425. The Hall–Kier alpha value is -1.90. The number of carbonyl (C=O) groups excluding carboxylic acids is 1. The zero-order valence-electron chi connectivity index (χ0n) is 10.9. The van der Waals surface area contributed by atoms with E-state index < -0.39 is 5.54 Å². The molecule has 0 N–H and O–H groups in total. The molecule has 0 amide bonds. The molecule has 0 radical (unpaired) electrons. The van der Waals surface area contributed by atoms with Gasteiger partial charge in [-0.3, -0.25) is 4.99 Å². The van der Waals surface area contributed by atoms with Crippen molar-refractivity contribution in [3.05, 3.63) is 48.6 Å². The largest absolute Gasteiger partial charge is 0.467 e.